The smallest absolute Gasteiger partial charge is 0.184 e. The fourth-order valence-corrected chi connectivity index (χ4v) is 4.37. The summed E-state index contributed by atoms with van der Waals surface area (Å²) in [7, 11) is 0. The summed E-state index contributed by atoms with van der Waals surface area (Å²) in [6.45, 7) is 10.0. The van der Waals surface area contributed by atoms with Crippen LogP contribution in [0.25, 0.3) is 16.7 Å². The molecular formula is C23H27N7. The van der Waals surface area contributed by atoms with E-state index >= 15 is 0 Å². The summed E-state index contributed by atoms with van der Waals surface area (Å²) in [5.74, 6) is 2.16. The van der Waals surface area contributed by atoms with Gasteiger partial charge in [-0.1, -0.05) is 19.4 Å². The second kappa shape index (κ2) is 7.55. The molecule has 5 heterocycles. The van der Waals surface area contributed by atoms with Gasteiger partial charge in [0.1, 0.15) is 11.6 Å². The van der Waals surface area contributed by atoms with E-state index < -0.39 is 0 Å². The molecule has 5 rings (SSSR count). The Morgan fingerprint density at radius 3 is 2.50 bits per heavy atom. The van der Waals surface area contributed by atoms with Crippen molar-refractivity contribution >= 4 is 28.3 Å². The first-order valence-corrected chi connectivity index (χ1v) is 10.7. The van der Waals surface area contributed by atoms with Gasteiger partial charge in [0.2, 0.25) is 0 Å². The lowest BCUT2D eigenvalue weighted by Crippen LogP contribution is -2.47. The standard InChI is InChI=1S/C23H27N7/c1-4-7-18-15-20(29-12-10-28(11-13-29)19-8-5-6-9-24-19)30-23(26-18)21-16(2)14-17(3)25-22(21)27-30/h5-6,8-9,14-15H,4,7,10-13H2,1-3H3. The van der Waals surface area contributed by atoms with Gasteiger partial charge in [0.15, 0.2) is 11.3 Å². The van der Waals surface area contributed by atoms with Gasteiger partial charge in [-0.25, -0.2) is 15.0 Å². The lowest BCUT2D eigenvalue weighted by atomic mass is 10.1. The number of hydrogen-bond donors (Lipinski definition) is 0. The first-order chi connectivity index (χ1) is 14.6. The molecule has 1 aliphatic rings. The number of rotatable bonds is 4. The van der Waals surface area contributed by atoms with Crippen molar-refractivity contribution in [3.05, 3.63) is 53.5 Å². The van der Waals surface area contributed by atoms with Crippen molar-refractivity contribution in [3.8, 4) is 0 Å². The van der Waals surface area contributed by atoms with E-state index in [0.717, 1.165) is 78.7 Å². The Morgan fingerprint density at radius 1 is 0.967 bits per heavy atom. The molecule has 0 N–H and O–H groups in total. The van der Waals surface area contributed by atoms with Gasteiger partial charge >= 0.3 is 0 Å². The van der Waals surface area contributed by atoms with Crippen LogP contribution < -0.4 is 9.80 Å². The predicted molar refractivity (Wildman–Crippen MR) is 120 cm³/mol. The number of hydrogen-bond acceptors (Lipinski definition) is 6. The summed E-state index contributed by atoms with van der Waals surface area (Å²) < 4.78 is 2.00. The van der Waals surface area contributed by atoms with Gasteiger partial charge in [0.25, 0.3) is 0 Å². The highest BCUT2D eigenvalue weighted by molar-refractivity contribution is 5.93. The number of anilines is 2. The molecule has 7 heteroatoms. The van der Waals surface area contributed by atoms with Gasteiger partial charge in [0, 0.05) is 49.8 Å². The zero-order valence-electron chi connectivity index (χ0n) is 17.8. The monoisotopic (exact) mass is 401 g/mol. The van der Waals surface area contributed by atoms with Crippen molar-refractivity contribution in [2.45, 2.75) is 33.6 Å². The van der Waals surface area contributed by atoms with E-state index in [1.165, 1.54) is 5.56 Å². The first-order valence-electron chi connectivity index (χ1n) is 10.7. The zero-order chi connectivity index (χ0) is 20.7. The largest absolute Gasteiger partial charge is 0.353 e. The van der Waals surface area contributed by atoms with E-state index in [9.17, 15) is 0 Å². The van der Waals surface area contributed by atoms with Crippen molar-refractivity contribution in [3.63, 3.8) is 0 Å². The number of piperazine rings is 1. The van der Waals surface area contributed by atoms with Crippen molar-refractivity contribution in [1.29, 1.82) is 0 Å². The molecule has 30 heavy (non-hydrogen) atoms. The van der Waals surface area contributed by atoms with E-state index in [1.54, 1.807) is 0 Å². The van der Waals surface area contributed by atoms with Crippen molar-refractivity contribution in [1.82, 2.24) is 24.6 Å². The minimum absolute atomic E-state index is 0.780. The minimum Gasteiger partial charge on any atom is -0.353 e. The average molecular weight is 402 g/mol. The zero-order valence-corrected chi connectivity index (χ0v) is 17.8. The van der Waals surface area contributed by atoms with E-state index in [1.807, 2.05) is 29.8 Å². The Labute approximate surface area is 176 Å². The molecule has 4 aromatic heterocycles. The van der Waals surface area contributed by atoms with Crippen molar-refractivity contribution in [2.75, 3.05) is 36.0 Å². The molecule has 0 aromatic carbocycles. The molecule has 154 valence electrons. The maximum atomic E-state index is 4.98. The Balaban J connectivity index is 1.56. The second-order valence-electron chi connectivity index (χ2n) is 8.03. The molecule has 0 bridgehead atoms. The number of pyridine rings is 2. The Hall–Kier alpha value is -3.22. The van der Waals surface area contributed by atoms with E-state index in [0.29, 0.717) is 0 Å². The molecule has 7 nitrogen and oxygen atoms in total. The molecule has 0 spiro atoms. The number of aromatic nitrogens is 5. The third-order valence-electron chi connectivity index (χ3n) is 5.79. The molecule has 1 fully saturated rings. The van der Waals surface area contributed by atoms with Crippen LogP contribution in [0.5, 0.6) is 0 Å². The van der Waals surface area contributed by atoms with Crippen LogP contribution in [0.1, 0.15) is 30.3 Å². The molecule has 0 amide bonds. The van der Waals surface area contributed by atoms with Gasteiger partial charge in [0.05, 0.1) is 5.39 Å². The van der Waals surface area contributed by atoms with E-state index in [4.69, 9.17) is 10.1 Å². The van der Waals surface area contributed by atoms with E-state index in [-0.39, 0.29) is 0 Å². The second-order valence-corrected chi connectivity index (χ2v) is 8.03. The fourth-order valence-electron chi connectivity index (χ4n) is 4.37. The Bertz CT molecular complexity index is 1190. The van der Waals surface area contributed by atoms with Crippen LogP contribution in [0, 0.1) is 13.8 Å². The summed E-state index contributed by atoms with van der Waals surface area (Å²) in [6.07, 6.45) is 3.89. The molecule has 4 aromatic rings. The van der Waals surface area contributed by atoms with E-state index in [2.05, 4.69) is 51.8 Å². The molecular weight excluding hydrogens is 374 g/mol. The number of aryl methyl sites for hydroxylation is 3. The molecule has 0 aliphatic carbocycles. The van der Waals surface area contributed by atoms with Crippen LogP contribution in [0.15, 0.2) is 36.5 Å². The number of fused-ring (bicyclic) bond motifs is 3. The lowest BCUT2D eigenvalue weighted by molar-refractivity contribution is 0.633. The molecule has 0 radical (unpaired) electrons. The predicted octanol–water partition coefficient (Wildman–Crippen LogP) is 3.57. The summed E-state index contributed by atoms with van der Waals surface area (Å²) in [5, 5.41) is 5.93. The molecule has 0 atom stereocenters. The third kappa shape index (κ3) is 3.24. The number of nitrogens with zero attached hydrogens (tertiary/aromatic N) is 7. The maximum Gasteiger partial charge on any atom is 0.184 e. The summed E-state index contributed by atoms with van der Waals surface area (Å²) in [6, 6.07) is 10.4. The van der Waals surface area contributed by atoms with Crippen LogP contribution in [0.3, 0.4) is 0 Å². The molecule has 0 unspecified atom stereocenters. The van der Waals surface area contributed by atoms with Gasteiger partial charge in [-0.05, 0) is 44.0 Å². The SMILES string of the molecule is CCCc1cc(N2CCN(c3ccccn3)CC2)n2nc3nc(C)cc(C)c3c2n1. The van der Waals surface area contributed by atoms with Crippen LogP contribution in [-0.2, 0) is 6.42 Å². The quantitative estimate of drug-likeness (QED) is 0.521. The minimum atomic E-state index is 0.780. The van der Waals surface area contributed by atoms with Crippen LogP contribution in [0.2, 0.25) is 0 Å². The summed E-state index contributed by atoms with van der Waals surface area (Å²) in [5.41, 5.74) is 4.99. The summed E-state index contributed by atoms with van der Waals surface area (Å²) >= 11 is 0. The Morgan fingerprint density at radius 2 is 1.77 bits per heavy atom. The topological polar surface area (TPSA) is 62.5 Å². The molecule has 0 saturated carbocycles. The maximum absolute atomic E-state index is 4.98. The normalized spacial score (nSPS) is 14.8. The highest BCUT2D eigenvalue weighted by atomic mass is 15.4. The first kappa shape index (κ1) is 18.8. The van der Waals surface area contributed by atoms with Crippen molar-refractivity contribution in [2.24, 2.45) is 0 Å². The summed E-state index contributed by atoms with van der Waals surface area (Å²) in [4.78, 5) is 18.9. The van der Waals surface area contributed by atoms with Crippen LogP contribution in [0.4, 0.5) is 11.6 Å². The highest BCUT2D eigenvalue weighted by Crippen LogP contribution is 2.27. The van der Waals surface area contributed by atoms with Crippen molar-refractivity contribution < 1.29 is 0 Å². The lowest BCUT2D eigenvalue weighted by Gasteiger charge is -2.36. The Kier molecular flexibility index (Phi) is 4.73. The van der Waals surface area contributed by atoms with Gasteiger partial charge in [-0.3, -0.25) is 0 Å². The van der Waals surface area contributed by atoms with Gasteiger partial charge in [-0.15, -0.1) is 5.10 Å². The van der Waals surface area contributed by atoms with Gasteiger partial charge in [-0.2, -0.15) is 4.52 Å². The third-order valence-corrected chi connectivity index (χ3v) is 5.79. The average Bonchev–Trinajstić information content (AvgIpc) is 3.12. The fraction of sp³-hybridized carbons (Fsp3) is 0.391. The van der Waals surface area contributed by atoms with Gasteiger partial charge < -0.3 is 9.80 Å². The highest BCUT2D eigenvalue weighted by Gasteiger charge is 2.23. The van der Waals surface area contributed by atoms with Crippen LogP contribution >= 0.6 is 0 Å². The molecule has 1 saturated heterocycles. The molecule has 1 aliphatic heterocycles. The van der Waals surface area contributed by atoms with Crippen LogP contribution in [-0.4, -0.2) is 50.7 Å².